The maximum Gasteiger partial charge on any atom is 0.239 e. The molecule has 0 spiro atoms. The normalized spacial score (nSPS) is 12.0. The lowest BCUT2D eigenvalue weighted by molar-refractivity contribution is -0.137. The van der Waals surface area contributed by atoms with Crippen LogP contribution in [0.4, 0.5) is 0 Å². The predicted molar refractivity (Wildman–Crippen MR) is 60.8 cm³/mol. The number of methoxy groups -OCH3 is 1. The van der Waals surface area contributed by atoms with E-state index in [1.807, 2.05) is 6.92 Å². The fraction of sp³-hybridized carbons (Fsp3) is 0.800. The van der Waals surface area contributed by atoms with Gasteiger partial charge >= 0.3 is 0 Å². The fourth-order valence-electron chi connectivity index (χ4n) is 1.22. The average molecular weight is 231 g/mol. The van der Waals surface area contributed by atoms with Gasteiger partial charge < -0.3 is 20.7 Å². The lowest BCUT2D eigenvalue weighted by atomic mass is 10.2. The first-order valence-corrected chi connectivity index (χ1v) is 5.30. The van der Waals surface area contributed by atoms with Crippen LogP contribution in [0, 0.1) is 0 Å². The van der Waals surface area contributed by atoms with E-state index >= 15 is 0 Å². The monoisotopic (exact) mass is 231 g/mol. The number of carbonyl (C=O) groups is 2. The minimum Gasteiger partial charge on any atom is -0.380 e. The van der Waals surface area contributed by atoms with Gasteiger partial charge in [0.25, 0.3) is 0 Å². The van der Waals surface area contributed by atoms with Crippen molar-refractivity contribution in [3.05, 3.63) is 0 Å². The second kappa shape index (κ2) is 8.06. The molecule has 6 heteroatoms. The Morgan fingerprint density at radius 2 is 2.12 bits per heavy atom. The fourth-order valence-corrected chi connectivity index (χ4v) is 1.22. The Morgan fingerprint density at radius 3 is 2.50 bits per heavy atom. The molecule has 0 heterocycles. The smallest absolute Gasteiger partial charge is 0.239 e. The summed E-state index contributed by atoms with van der Waals surface area (Å²) in [4.78, 5) is 24.4. The standard InChI is InChI=1S/C10H21N3O3/c1-4-13(7-9(14)12-2)10(15)5-8(6-11)16-3/h8H,4-7,11H2,1-3H3,(H,12,14). The molecule has 2 amide bonds. The molecule has 0 aliphatic heterocycles. The van der Waals surface area contributed by atoms with E-state index in [9.17, 15) is 9.59 Å². The molecule has 94 valence electrons. The zero-order chi connectivity index (χ0) is 12.6. The van der Waals surface area contributed by atoms with Crippen LogP contribution in [-0.4, -0.2) is 56.6 Å². The van der Waals surface area contributed by atoms with E-state index in [1.165, 1.54) is 12.0 Å². The summed E-state index contributed by atoms with van der Waals surface area (Å²) in [5.74, 6) is -0.305. The van der Waals surface area contributed by atoms with Crippen molar-refractivity contribution >= 4 is 11.8 Å². The van der Waals surface area contributed by atoms with E-state index in [4.69, 9.17) is 10.5 Å². The molecular formula is C10H21N3O3. The second-order valence-corrected chi connectivity index (χ2v) is 3.38. The van der Waals surface area contributed by atoms with Crippen molar-refractivity contribution in [1.29, 1.82) is 0 Å². The Morgan fingerprint density at radius 1 is 1.50 bits per heavy atom. The Labute approximate surface area is 96.1 Å². The van der Waals surface area contributed by atoms with E-state index in [0.29, 0.717) is 13.1 Å². The summed E-state index contributed by atoms with van der Waals surface area (Å²) >= 11 is 0. The zero-order valence-corrected chi connectivity index (χ0v) is 10.2. The summed E-state index contributed by atoms with van der Waals surface area (Å²) < 4.78 is 5.02. The largest absolute Gasteiger partial charge is 0.380 e. The molecule has 0 aliphatic carbocycles. The minimum absolute atomic E-state index is 0.0762. The SMILES string of the molecule is CCN(CC(=O)NC)C(=O)CC(CN)OC. The van der Waals surface area contributed by atoms with Gasteiger partial charge in [-0.2, -0.15) is 0 Å². The highest BCUT2D eigenvalue weighted by atomic mass is 16.5. The maximum absolute atomic E-state index is 11.8. The van der Waals surface area contributed by atoms with Crippen molar-refractivity contribution in [2.45, 2.75) is 19.4 Å². The Kier molecular flexibility index (Phi) is 7.49. The summed E-state index contributed by atoms with van der Waals surface area (Å²) in [6, 6.07) is 0. The number of nitrogens with one attached hydrogen (secondary N) is 1. The number of ether oxygens (including phenoxy) is 1. The molecule has 16 heavy (non-hydrogen) atoms. The van der Waals surface area contributed by atoms with Gasteiger partial charge in [-0.3, -0.25) is 9.59 Å². The third kappa shape index (κ3) is 5.09. The summed E-state index contributed by atoms with van der Waals surface area (Å²) in [5.41, 5.74) is 5.43. The number of nitrogens with two attached hydrogens (primary N) is 1. The van der Waals surface area contributed by atoms with E-state index in [-0.39, 0.29) is 30.9 Å². The highest BCUT2D eigenvalue weighted by Crippen LogP contribution is 2.00. The van der Waals surface area contributed by atoms with Gasteiger partial charge in [-0.1, -0.05) is 0 Å². The Hall–Kier alpha value is -1.14. The number of carbonyl (C=O) groups excluding carboxylic acids is 2. The lowest BCUT2D eigenvalue weighted by Gasteiger charge is -2.22. The van der Waals surface area contributed by atoms with Crippen LogP contribution in [0.25, 0.3) is 0 Å². The molecule has 1 atom stereocenters. The molecule has 1 unspecified atom stereocenters. The van der Waals surface area contributed by atoms with Crippen LogP contribution in [0.1, 0.15) is 13.3 Å². The van der Waals surface area contributed by atoms with Crippen molar-refractivity contribution in [3.8, 4) is 0 Å². The quantitative estimate of drug-likeness (QED) is 0.585. The molecule has 0 bridgehead atoms. The molecule has 0 saturated carbocycles. The number of amides is 2. The van der Waals surface area contributed by atoms with Crippen LogP contribution in [0.2, 0.25) is 0 Å². The molecule has 0 saturated heterocycles. The lowest BCUT2D eigenvalue weighted by Crippen LogP contribution is -2.41. The second-order valence-electron chi connectivity index (χ2n) is 3.38. The van der Waals surface area contributed by atoms with Crippen molar-refractivity contribution in [2.24, 2.45) is 5.73 Å². The predicted octanol–water partition coefficient (Wildman–Crippen LogP) is -1.06. The van der Waals surface area contributed by atoms with Gasteiger partial charge in [0.2, 0.25) is 11.8 Å². The molecular weight excluding hydrogens is 210 g/mol. The highest BCUT2D eigenvalue weighted by molar-refractivity contribution is 5.84. The van der Waals surface area contributed by atoms with Crippen molar-refractivity contribution in [3.63, 3.8) is 0 Å². The third-order valence-electron chi connectivity index (χ3n) is 2.35. The first-order chi connectivity index (χ1) is 7.58. The van der Waals surface area contributed by atoms with E-state index in [1.54, 1.807) is 7.05 Å². The molecule has 3 N–H and O–H groups in total. The summed E-state index contributed by atoms with van der Waals surface area (Å²) in [6.07, 6.45) is -0.0797. The number of hydrogen-bond donors (Lipinski definition) is 2. The van der Waals surface area contributed by atoms with Crippen molar-refractivity contribution in [1.82, 2.24) is 10.2 Å². The van der Waals surface area contributed by atoms with E-state index in [2.05, 4.69) is 5.32 Å². The summed E-state index contributed by atoms with van der Waals surface area (Å²) in [5, 5.41) is 2.48. The minimum atomic E-state index is -0.286. The first-order valence-electron chi connectivity index (χ1n) is 5.30. The number of rotatable bonds is 7. The van der Waals surface area contributed by atoms with Gasteiger partial charge in [0.1, 0.15) is 0 Å². The molecule has 0 aromatic rings. The van der Waals surface area contributed by atoms with Crippen LogP contribution >= 0.6 is 0 Å². The topological polar surface area (TPSA) is 84.7 Å². The van der Waals surface area contributed by atoms with Gasteiger partial charge in [0.15, 0.2) is 0 Å². The van der Waals surface area contributed by atoms with Crippen LogP contribution in [0.5, 0.6) is 0 Å². The number of hydrogen-bond acceptors (Lipinski definition) is 4. The van der Waals surface area contributed by atoms with Crippen LogP contribution in [0.15, 0.2) is 0 Å². The van der Waals surface area contributed by atoms with Crippen LogP contribution in [-0.2, 0) is 14.3 Å². The molecule has 0 aromatic carbocycles. The highest BCUT2D eigenvalue weighted by Gasteiger charge is 2.18. The van der Waals surface area contributed by atoms with Crippen molar-refractivity contribution < 1.29 is 14.3 Å². The van der Waals surface area contributed by atoms with Crippen molar-refractivity contribution in [2.75, 3.05) is 33.8 Å². The Bertz CT molecular complexity index is 229. The Balaban J connectivity index is 4.24. The van der Waals surface area contributed by atoms with E-state index < -0.39 is 0 Å². The molecule has 0 fully saturated rings. The number of likely N-dealkylation sites (N-methyl/N-ethyl adjacent to an activating group) is 2. The molecule has 0 rings (SSSR count). The van der Waals surface area contributed by atoms with Gasteiger partial charge in [0, 0.05) is 27.2 Å². The number of nitrogens with zero attached hydrogens (tertiary/aromatic N) is 1. The van der Waals surface area contributed by atoms with Gasteiger partial charge in [-0.05, 0) is 6.92 Å². The molecule has 0 aliphatic rings. The summed E-state index contributed by atoms with van der Waals surface area (Å²) in [7, 11) is 3.05. The van der Waals surface area contributed by atoms with E-state index in [0.717, 1.165) is 0 Å². The zero-order valence-electron chi connectivity index (χ0n) is 10.2. The molecule has 0 radical (unpaired) electrons. The summed E-state index contributed by atoms with van der Waals surface area (Å²) in [6.45, 7) is 2.69. The molecule has 6 nitrogen and oxygen atoms in total. The van der Waals surface area contributed by atoms with Crippen LogP contribution < -0.4 is 11.1 Å². The van der Waals surface area contributed by atoms with Crippen LogP contribution in [0.3, 0.4) is 0 Å². The molecule has 0 aromatic heterocycles. The third-order valence-corrected chi connectivity index (χ3v) is 2.35. The van der Waals surface area contributed by atoms with Gasteiger partial charge in [-0.25, -0.2) is 0 Å². The average Bonchev–Trinajstić information content (AvgIpc) is 2.31. The maximum atomic E-state index is 11.8. The first kappa shape index (κ1) is 14.9. The van der Waals surface area contributed by atoms with Gasteiger partial charge in [-0.15, -0.1) is 0 Å². The van der Waals surface area contributed by atoms with Gasteiger partial charge in [0.05, 0.1) is 19.1 Å².